The van der Waals surface area contributed by atoms with Gasteiger partial charge in [-0.15, -0.1) is 0 Å². The zero-order chi connectivity index (χ0) is 8.81. The Balaban J connectivity index is 2.83. The van der Waals surface area contributed by atoms with Crippen LogP contribution in [0.15, 0.2) is 24.3 Å². The average molecular weight is 186 g/mol. The summed E-state index contributed by atoms with van der Waals surface area (Å²) < 4.78 is 20.4. The van der Waals surface area contributed by atoms with E-state index in [9.17, 15) is 4.57 Å². The second kappa shape index (κ2) is 4.83. The topological polar surface area (TPSA) is 35.5 Å². The number of para-hydroxylation sites is 2. The molecule has 0 aromatic heterocycles. The van der Waals surface area contributed by atoms with Crippen molar-refractivity contribution in [1.82, 2.24) is 0 Å². The van der Waals surface area contributed by atoms with Crippen molar-refractivity contribution < 1.29 is 13.8 Å². The van der Waals surface area contributed by atoms with Crippen molar-refractivity contribution in [2.24, 2.45) is 0 Å². The second-order valence-corrected chi connectivity index (χ2v) is 2.52. The van der Waals surface area contributed by atoms with Gasteiger partial charge in [-0.2, -0.15) is 0 Å². The molecule has 3 nitrogen and oxygen atoms in total. The van der Waals surface area contributed by atoms with Gasteiger partial charge >= 0.3 is 0 Å². The van der Waals surface area contributed by atoms with Gasteiger partial charge in [0.2, 0.25) is 8.69 Å². The normalized spacial score (nSPS) is 10.4. The van der Waals surface area contributed by atoms with Crippen LogP contribution in [0.3, 0.4) is 0 Å². The third-order valence-corrected chi connectivity index (χ3v) is 1.67. The molecule has 0 spiro atoms. The van der Waals surface area contributed by atoms with Crippen molar-refractivity contribution in [3.63, 3.8) is 0 Å². The van der Waals surface area contributed by atoms with Crippen LogP contribution in [0.5, 0.6) is 11.5 Å². The molecule has 66 valence electrons. The van der Waals surface area contributed by atoms with Gasteiger partial charge in [0.1, 0.15) is 0 Å². The van der Waals surface area contributed by atoms with Gasteiger partial charge in [-0.25, -0.2) is 0 Å². The molecule has 0 aliphatic heterocycles. The van der Waals surface area contributed by atoms with Crippen LogP contribution in [-0.4, -0.2) is 6.61 Å². The molecule has 0 aliphatic carbocycles. The minimum atomic E-state index is -1.22. The molecule has 0 N–H and O–H groups in total. The lowest BCUT2D eigenvalue weighted by Gasteiger charge is -2.06. The summed E-state index contributed by atoms with van der Waals surface area (Å²) in [4.78, 5) is 0. The van der Waals surface area contributed by atoms with E-state index in [4.69, 9.17) is 9.26 Å². The van der Waals surface area contributed by atoms with Gasteiger partial charge in [-0.1, -0.05) is 12.1 Å². The molecule has 0 saturated carbocycles. The summed E-state index contributed by atoms with van der Waals surface area (Å²) in [5.41, 5.74) is 0. The van der Waals surface area contributed by atoms with E-state index in [1.54, 1.807) is 12.1 Å². The summed E-state index contributed by atoms with van der Waals surface area (Å²) in [5.74, 6) is 1.19. The Morgan fingerprint density at radius 3 is 2.58 bits per heavy atom. The lowest BCUT2D eigenvalue weighted by Crippen LogP contribution is -1.92. The average Bonchev–Trinajstić information content (AvgIpc) is 2.09. The van der Waals surface area contributed by atoms with Crippen molar-refractivity contribution in [1.29, 1.82) is 0 Å². The monoisotopic (exact) mass is 186 g/mol. The molecule has 1 rings (SSSR count). The van der Waals surface area contributed by atoms with Crippen molar-refractivity contribution in [3.05, 3.63) is 24.3 Å². The first-order chi connectivity index (χ1) is 5.88. The van der Waals surface area contributed by atoms with Crippen LogP contribution in [0, 0.1) is 0 Å². The van der Waals surface area contributed by atoms with E-state index in [-0.39, 0.29) is 0 Å². The molecule has 1 atom stereocenters. The maximum Gasteiger partial charge on any atom is 0.225 e. The SMILES string of the molecule is CCOc1ccccc1O[PH2]=O. The lowest BCUT2D eigenvalue weighted by molar-refractivity contribution is 0.329. The molecular formula is C8H11O3P. The minimum Gasteiger partial charge on any atom is -0.490 e. The maximum atomic E-state index is 10.3. The van der Waals surface area contributed by atoms with Gasteiger partial charge in [0.15, 0.2) is 11.5 Å². The smallest absolute Gasteiger partial charge is 0.225 e. The van der Waals surface area contributed by atoms with Crippen molar-refractivity contribution in [2.75, 3.05) is 6.61 Å². The first kappa shape index (κ1) is 9.14. The summed E-state index contributed by atoms with van der Waals surface area (Å²) in [6.07, 6.45) is 0. The molecule has 0 aliphatic rings. The predicted molar refractivity (Wildman–Crippen MR) is 48.6 cm³/mol. The number of ether oxygens (including phenoxy) is 1. The molecule has 0 bridgehead atoms. The fourth-order valence-corrected chi connectivity index (χ4v) is 1.17. The Kier molecular flexibility index (Phi) is 3.68. The van der Waals surface area contributed by atoms with Crippen molar-refractivity contribution in [2.45, 2.75) is 6.92 Å². The van der Waals surface area contributed by atoms with Crippen LogP contribution in [-0.2, 0) is 4.57 Å². The Labute approximate surface area is 72.6 Å². The predicted octanol–water partition coefficient (Wildman–Crippen LogP) is 2.14. The zero-order valence-electron chi connectivity index (χ0n) is 6.82. The van der Waals surface area contributed by atoms with Crippen LogP contribution in [0.25, 0.3) is 0 Å². The molecular weight excluding hydrogens is 175 g/mol. The highest BCUT2D eigenvalue weighted by Crippen LogP contribution is 2.28. The summed E-state index contributed by atoms with van der Waals surface area (Å²) >= 11 is 0. The van der Waals surface area contributed by atoms with Crippen LogP contribution in [0.2, 0.25) is 0 Å². The number of benzene rings is 1. The van der Waals surface area contributed by atoms with Gasteiger partial charge in [0.05, 0.1) is 6.61 Å². The molecule has 1 unspecified atom stereocenters. The van der Waals surface area contributed by atoms with Crippen molar-refractivity contribution >= 4 is 8.69 Å². The van der Waals surface area contributed by atoms with Gasteiger partial charge in [0.25, 0.3) is 0 Å². The van der Waals surface area contributed by atoms with Gasteiger partial charge in [-0.05, 0) is 19.1 Å². The third-order valence-electron chi connectivity index (χ3n) is 1.32. The Hall–Kier alpha value is -0.950. The first-order valence-corrected chi connectivity index (χ1v) is 4.65. The van der Waals surface area contributed by atoms with Crippen LogP contribution < -0.4 is 9.26 Å². The van der Waals surface area contributed by atoms with E-state index in [1.807, 2.05) is 19.1 Å². The van der Waals surface area contributed by atoms with E-state index < -0.39 is 8.69 Å². The molecule has 0 heterocycles. The van der Waals surface area contributed by atoms with E-state index in [0.29, 0.717) is 18.1 Å². The standard InChI is InChI=1S/C8H11O3P/c1-2-10-7-5-3-4-6-8(7)11-12-9/h3-6H,2,12H2,1H3. The van der Waals surface area contributed by atoms with Gasteiger partial charge < -0.3 is 9.26 Å². The summed E-state index contributed by atoms with van der Waals surface area (Å²) in [5, 5.41) is 0. The first-order valence-electron chi connectivity index (χ1n) is 3.70. The highest BCUT2D eigenvalue weighted by Gasteiger charge is 2.00. The zero-order valence-corrected chi connectivity index (χ0v) is 7.97. The Morgan fingerprint density at radius 2 is 2.00 bits per heavy atom. The minimum absolute atomic E-state index is 0.546. The van der Waals surface area contributed by atoms with Gasteiger partial charge in [0, 0.05) is 0 Å². The van der Waals surface area contributed by atoms with Crippen molar-refractivity contribution in [3.8, 4) is 11.5 Å². The number of rotatable bonds is 4. The Morgan fingerprint density at radius 1 is 1.33 bits per heavy atom. The summed E-state index contributed by atoms with van der Waals surface area (Å²) in [7, 11) is -1.22. The van der Waals surface area contributed by atoms with E-state index in [1.165, 1.54) is 0 Å². The molecule has 0 radical (unpaired) electrons. The second-order valence-electron chi connectivity index (χ2n) is 2.09. The maximum absolute atomic E-state index is 10.3. The largest absolute Gasteiger partial charge is 0.490 e. The molecule has 1 aromatic carbocycles. The van der Waals surface area contributed by atoms with Gasteiger partial charge in [-0.3, -0.25) is 4.57 Å². The molecule has 1 aromatic rings. The molecule has 0 saturated heterocycles. The third kappa shape index (κ3) is 2.28. The summed E-state index contributed by atoms with van der Waals surface area (Å²) in [6, 6.07) is 7.18. The van der Waals surface area contributed by atoms with Crippen LogP contribution in [0.1, 0.15) is 6.92 Å². The molecule has 4 heteroatoms. The quantitative estimate of drug-likeness (QED) is 0.675. The lowest BCUT2D eigenvalue weighted by atomic mass is 10.3. The van der Waals surface area contributed by atoms with E-state index in [2.05, 4.69) is 0 Å². The fraction of sp³-hybridized carbons (Fsp3) is 0.250. The number of hydrogen-bond donors (Lipinski definition) is 0. The Bertz CT molecular complexity index is 262. The highest BCUT2D eigenvalue weighted by molar-refractivity contribution is 7.17. The number of hydrogen-bond acceptors (Lipinski definition) is 3. The van der Waals surface area contributed by atoms with E-state index in [0.717, 1.165) is 0 Å². The highest BCUT2D eigenvalue weighted by atomic mass is 31.1. The fourth-order valence-electron chi connectivity index (χ4n) is 0.874. The van der Waals surface area contributed by atoms with Crippen LogP contribution >= 0.6 is 8.69 Å². The van der Waals surface area contributed by atoms with E-state index >= 15 is 0 Å². The molecule has 12 heavy (non-hydrogen) atoms. The van der Waals surface area contributed by atoms with Crippen LogP contribution in [0.4, 0.5) is 0 Å². The summed E-state index contributed by atoms with van der Waals surface area (Å²) in [6.45, 7) is 2.47. The molecule has 0 amide bonds. The molecule has 0 fully saturated rings.